The Balaban J connectivity index is 2.33. The summed E-state index contributed by atoms with van der Waals surface area (Å²) in [5, 5.41) is 0.745. The third kappa shape index (κ3) is 2.24. The topological polar surface area (TPSA) is 13.1 Å². The first-order valence-electron chi connectivity index (χ1n) is 5.02. The Hall–Kier alpha value is -1.21. The van der Waals surface area contributed by atoms with Gasteiger partial charge < -0.3 is 4.42 Å². The molecular formula is C13H13ClO. The SMILES string of the molecule is CC(C)c1ccc(-c2ccc(Cl)cc2)o1. The maximum atomic E-state index is 5.82. The predicted octanol–water partition coefficient (Wildman–Crippen LogP) is 4.72. The lowest BCUT2D eigenvalue weighted by molar-refractivity contribution is 0.498. The highest BCUT2D eigenvalue weighted by molar-refractivity contribution is 6.30. The number of rotatable bonds is 2. The van der Waals surface area contributed by atoms with Crippen molar-refractivity contribution in [1.29, 1.82) is 0 Å². The standard InChI is InChI=1S/C13H13ClO/c1-9(2)12-7-8-13(15-12)10-3-5-11(14)6-4-10/h3-9H,1-2H3. The lowest BCUT2D eigenvalue weighted by Crippen LogP contribution is -1.80. The van der Waals surface area contributed by atoms with E-state index in [0.717, 1.165) is 22.1 Å². The molecule has 2 rings (SSSR count). The van der Waals surface area contributed by atoms with Gasteiger partial charge in [0, 0.05) is 16.5 Å². The van der Waals surface area contributed by atoms with Gasteiger partial charge in [0.1, 0.15) is 11.5 Å². The highest BCUT2D eigenvalue weighted by atomic mass is 35.5. The average Bonchev–Trinajstić information content (AvgIpc) is 2.68. The van der Waals surface area contributed by atoms with Gasteiger partial charge in [0.05, 0.1) is 0 Å². The zero-order chi connectivity index (χ0) is 10.8. The van der Waals surface area contributed by atoms with Gasteiger partial charge in [0.25, 0.3) is 0 Å². The van der Waals surface area contributed by atoms with Crippen LogP contribution in [0, 0.1) is 0 Å². The Bertz CT molecular complexity index is 440. The molecule has 0 aliphatic heterocycles. The van der Waals surface area contributed by atoms with Crippen molar-refractivity contribution in [3.63, 3.8) is 0 Å². The fourth-order valence-corrected chi connectivity index (χ4v) is 1.56. The van der Waals surface area contributed by atoms with Crippen molar-refractivity contribution in [1.82, 2.24) is 0 Å². The molecule has 0 N–H and O–H groups in total. The summed E-state index contributed by atoms with van der Waals surface area (Å²) in [6, 6.07) is 11.7. The fourth-order valence-electron chi connectivity index (χ4n) is 1.43. The molecule has 1 aromatic heterocycles. The smallest absolute Gasteiger partial charge is 0.134 e. The summed E-state index contributed by atoms with van der Waals surface area (Å²) in [5.41, 5.74) is 1.06. The second kappa shape index (κ2) is 4.11. The minimum absolute atomic E-state index is 0.422. The van der Waals surface area contributed by atoms with Gasteiger partial charge in [-0.2, -0.15) is 0 Å². The largest absolute Gasteiger partial charge is 0.461 e. The van der Waals surface area contributed by atoms with Crippen LogP contribution in [0.25, 0.3) is 11.3 Å². The van der Waals surface area contributed by atoms with Gasteiger partial charge in [-0.3, -0.25) is 0 Å². The molecule has 2 heteroatoms. The number of furan rings is 1. The molecule has 15 heavy (non-hydrogen) atoms. The average molecular weight is 221 g/mol. The molecule has 0 atom stereocenters. The third-order valence-electron chi connectivity index (χ3n) is 2.32. The van der Waals surface area contributed by atoms with Crippen LogP contribution in [0.15, 0.2) is 40.8 Å². The van der Waals surface area contributed by atoms with E-state index in [4.69, 9.17) is 16.0 Å². The van der Waals surface area contributed by atoms with Crippen LogP contribution in [-0.4, -0.2) is 0 Å². The van der Waals surface area contributed by atoms with Crippen LogP contribution in [0.1, 0.15) is 25.5 Å². The quantitative estimate of drug-likeness (QED) is 0.714. The van der Waals surface area contributed by atoms with E-state index in [-0.39, 0.29) is 0 Å². The minimum Gasteiger partial charge on any atom is -0.461 e. The molecule has 1 heterocycles. The minimum atomic E-state index is 0.422. The molecule has 0 aliphatic carbocycles. The van der Waals surface area contributed by atoms with E-state index < -0.39 is 0 Å². The molecule has 0 amide bonds. The lowest BCUT2D eigenvalue weighted by atomic mass is 10.1. The maximum Gasteiger partial charge on any atom is 0.134 e. The van der Waals surface area contributed by atoms with Crippen LogP contribution >= 0.6 is 11.6 Å². The van der Waals surface area contributed by atoms with Gasteiger partial charge in [-0.05, 0) is 36.4 Å². The predicted molar refractivity (Wildman–Crippen MR) is 63.2 cm³/mol. The van der Waals surface area contributed by atoms with Crippen LogP contribution in [-0.2, 0) is 0 Å². The molecule has 1 nitrogen and oxygen atoms in total. The molecular weight excluding hydrogens is 208 g/mol. The number of hydrogen-bond donors (Lipinski definition) is 0. The molecule has 78 valence electrons. The summed E-state index contributed by atoms with van der Waals surface area (Å²) in [4.78, 5) is 0. The molecule has 0 radical (unpaired) electrons. The molecule has 2 aromatic rings. The Morgan fingerprint density at radius 1 is 1.00 bits per heavy atom. The van der Waals surface area contributed by atoms with Gasteiger partial charge in [-0.1, -0.05) is 25.4 Å². The first-order valence-corrected chi connectivity index (χ1v) is 5.40. The highest BCUT2D eigenvalue weighted by Gasteiger charge is 2.07. The lowest BCUT2D eigenvalue weighted by Gasteiger charge is -2.00. The molecule has 0 unspecified atom stereocenters. The Morgan fingerprint density at radius 3 is 2.20 bits per heavy atom. The summed E-state index contributed by atoms with van der Waals surface area (Å²) in [6.45, 7) is 4.23. The summed E-state index contributed by atoms with van der Waals surface area (Å²) in [6.07, 6.45) is 0. The summed E-state index contributed by atoms with van der Waals surface area (Å²) in [5.74, 6) is 2.33. The van der Waals surface area contributed by atoms with Crippen molar-refractivity contribution in [2.75, 3.05) is 0 Å². The van der Waals surface area contributed by atoms with Crippen molar-refractivity contribution in [3.05, 3.63) is 47.2 Å². The Kier molecular flexibility index (Phi) is 2.83. The van der Waals surface area contributed by atoms with E-state index in [1.165, 1.54) is 0 Å². The van der Waals surface area contributed by atoms with Gasteiger partial charge in [-0.25, -0.2) is 0 Å². The maximum absolute atomic E-state index is 5.82. The highest BCUT2D eigenvalue weighted by Crippen LogP contribution is 2.26. The van der Waals surface area contributed by atoms with Crippen LogP contribution in [0.2, 0.25) is 5.02 Å². The van der Waals surface area contributed by atoms with E-state index in [1.807, 2.05) is 36.4 Å². The second-order valence-electron chi connectivity index (χ2n) is 3.86. The summed E-state index contributed by atoms with van der Waals surface area (Å²) >= 11 is 5.82. The Labute approximate surface area is 94.7 Å². The first kappa shape index (κ1) is 10.3. The van der Waals surface area contributed by atoms with Gasteiger partial charge in [-0.15, -0.1) is 0 Å². The number of benzene rings is 1. The van der Waals surface area contributed by atoms with E-state index in [0.29, 0.717) is 5.92 Å². The van der Waals surface area contributed by atoms with Crippen molar-refractivity contribution < 1.29 is 4.42 Å². The van der Waals surface area contributed by atoms with E-state index >= 15 is 0 Å². The molecule has 0 saturated carbocycles. The van der Waals surface area contributed by atoms with E-state index in [1.54, 1.807) is 0 Å². The fraction of sp³-hybridized carbons (Fsp3) is 0.231. The van der Waals surface area contributed by atoms with Crippen LogP contribution in [0.3, 0.4) is 0 Å². The number of halogens is 1. The van der Waals surface area contributed by atoms with E-state index in [2.05, 4.69) is 13.8 Å². The summed E-state index contributed by atoms with van der Waals surface area (Å²) < 4.78 is 5.73. The normalized spacial score (nSPS) is 10.9. The zero-order valence-corrected chi connectivity index (χ0v) is 9.58. The second-order valence-corrected chi connectivity index (χ2v) is 4.30. The van der Waals surface area contributed by atoms with E-state index in [9.17, 15) is 0 Å². The van der Waals surface area contributed by atoms with Gasteiger partial charge >= 0.3 is 0 Å². The van der Waals surface area contributed by atoms with Gasteiger partial charge in [0.15, 0.2) is 0 Å². The first-order chi connectivity index (χ1) is 7.16. The molecule has 0 spiro atoms. The molecule has 0 bridgehead atoms. The van der Waals surface area contributed by atoms with Gasteiger partial charge in [0.2, 0.25) is 0 Å². The third-order valence-corrected chi connectivity index (χ3v) is 2.58. The van der Waals surface area contributed by atoms with Crippen LogP contribution < -0.4 is 0 Å². The van der Waals surface area contributed by atoms with Crippen molar-refractivity contribution >= 4 is 11.6 Å². The number of hydrogen-bond acceptors (Lipinski definition) is 1. The monoisotopic (exact) mass is 220 g/mol. The molecule has 1 aromatic carbocycles. The van der Waals surface area contributed by atoms with Crippen molar-refractivity contribution in [2.45, 2.75) is 19.8 Å². The van der Waals surface area contributed by atoms with Crippen LogP contribution in [0.5, 0.6) is 0 Å². The molecule has 0 aliphatic rings. The molecule has 0 saturated heterocycles. The zero-order valence-electron chi connectivity index (χ0n) is 8.83. The molecule has 0 fully saturated rings. The van der Waals surface area contributed by atoms with Crippen molar-refractivity contribution in [2.24, 2.45) is 0 Å². The Morgan fingerprint density at radius 2 is 1.67 bits per heavy atom. The van der Waals surface area contributed by atoms with Crippen molar-refractivity contribution in [3.8, 4) is 11.3 Å². The summed E-state index contributed by atoms with van der Waals surface area (Å²) in [7, 11) is 0. The van der Waals surface area contributed by atoms with Crippen LogP contribution in [0.4, 0.5) is 0 Å².